The number of allylic oxidation sites excluding steroid dienone is 1. The highest BCUT2D eigenvalue weighted by Gasteiger charge is 2.33. The van der Waals surface area contributed by atoms with Gasteiger partial charge in [0.2, 0.25) is 0 Å². The lowest BCUT2D eigenvalue weighted by Crippen LogP contribution is -2.39. The number of halogens is 1. The number of methoxy groups -OCH3 is 1. The van der Waals surface area contributed by atoms with Crippen molar-refractivity contribution in [1.82, 2.24) is 4.57 Å². The molecule has 1 atom stereocenters. The van der Waals surface area contributed by atoms with E-state index in [4.69, 9.17) is 9.47 Å². The Kier molecular flexibility index (Phi) is 6.99. The summed E-state index contributed by atoms with van der Waals surface area (Å²) in [6.45, 7) is 3.61. The smallest absolute Gasteiger partial charge is 0.338 e. The Morgan fingerprint density at radius 3 is 2.60 bits per heavy atom. The van der Waals surface area contributed by atoms with Crippen molar-refractivity contribution in [1.29, 1.82) is 0 Å². The molecule has 11 heteroatoms. The zero-order chi connectivity index (χ0) is 25.3. The van der Waals surface area contributed by atoms with E-state index in [1.54, 1.807) is 57.4 Å². The lowest BCUT2D eigenvalue weighted by molar-refractivity contribution is -0.384. The van der Waals surface area contributed by atoms with E-state index in [9.17, 15) is 19.7 Å². The molecule has 0 N–H and O–H groups in total. The van der Waals surface area contributed by atoms with Gasteiger partial charge in [0.1, 0.15) is 5.75 Å². The fourth-order valence-electron chi connectivity index (χ4n) is 3.80. The third-order valence-corrected chi connectivity index (χ3v) is 7.01. The maximum atomic E-state index is 13.6. The quantitative estimate of drug-likeness (QED) is 0.260. The number of esters is 1. The molecule has 1 aromatic heterocycles. The van der Waals surface area contributed by atoms with Gasteiger partial charge in [0.15, 0.2) is 4.80 Å². The number of fused-ring (bicyclic) bond motifs is 1. The molecule has 9 nitrogen and oxygen atoms in total. The SMILES string of the molecule is CCOC(=O)C1=C(C)N=c2s/c(=C/c3ccc([N+](=O)[O-])cc3)c(=O)n2[C@H]1c1ccc(OC)c(Br)c1. The van der Waals surface area contributed by atoms with Gasteiger partial charge in [-0.1, -0.05) is 17.4 Å². The molecule has 2 heterocycles. The van der Waals surface area contributed by atoms with Crippen LogP contribution in [0.1, 0.15) is 31.0 Å². The first-order chi connectivity index (χ1) is 16.7. The molecule has 0 unspecified atom stereocenters. The largest absolute Gasteiger partial charge is 0.496 e. The fraction of sp³-hybridized carbons (Fsp3) is 0.208. The van der Waals surface area contributed by atoms with Gasteiger partial charge in [-0.25, -0.2) is 9.79 Å². The predicted octanol–water partition coefficient (Wildman–Crippen LogP) is 3.48. The zero-order valence-corrected chi connectivity index (χ0v) is 21.4. The molecule has 0 bridgehead atoms. The number of benzene rings is 2. The lowest BCUT2D eigenvalue weighted by Gasteiger charge is -2.25. The topological polar surface area (TPSA) is 113 Å². The molecule has 0 radical (unpaired) electrons. The number of nitro benzene ring substituents is 1. The van der Waals surface area contributed by atoms with Crippen molar-refractivity contribution in [2.75, 3.05) is 13.7 Å². The van der Waals surface area contributed by atoms with Gasteiger partial charge in [0.25, 0.3) is 11.2 Å². The van der Waals surface area contributed by atoms with Gasteiger partial charge < -0.3 is 9.47 Å². The van der Waals surface area contributed by atoms with Crippen LogP contribution >= 0.6 is 27.3 Å². The summed E-state index contributed by atoms with van der Waals surface area (Å²) in [6, 6.07) is 10.5. The average molecular weight is 558 g/mol. The van der Waals surface area contributed by atoms with Crippen LogP contribution in [-0.4, -0.2) is 29.2 Å². The number of aromatic nitrogens is 1. The third-order valence-electron chi connectivity index (χ3n) is 5.41. The Labute approximate surface area is 211 Å². The van der Waals surface area contributed by atoms with E-state index >= 15 is 0 Å². The molecule has 0 amide bonds. The molecule has 180 valence electrons. The summed E-state index contributed by atoms with van der Waals surface area (Å²) in [4.78, 5) is 42.0. The predicted molar refractivity (Wildman–Crippen MR) is 134 cm³/mol. The normalized spacial score (nSPS) is 15.4. The van der Waals surface area contributed by atoms with Gasteiger partial charge in [-0.05, 0) is 71.2 Å². The first kappa shape index (κ1) is 24.6. The molecule has 1 aliphatic rings. The summed E-state index contributed by atoms with van der Waals surface area (Å²) < 4.78 is 13.2. The highest BCUT2D eigenvalue weighted by molar-refractivity contribution is 9.10. The van der Waals surface area contributed by atoms with Crippen molar-refractivity contribution in [2.45, 2.75) is 19.9 Å². The Morgan fingerprint density at radius 2 is 2.00 bits per heavy atom. The van der Waals surface area contributed by atoms with Gasteiger partial charge >= 0.3 is 5.97 Å². The number of thiazole rings is 1. The Morgan fingerprint density at radius 1 is 1.29 bits per heavy atom. The van der Waals surface area contributed by atoms with Crippen molar-refractivity contribution < 1.29 is 19.2 Å². The summed E-state index contributed by atoms with van der Waals surface area (Å²) in [5.74, 6) is 0.0630. The molecule has 0 aliphatic carbocycles. The van der Waals surface area contributed by atoms with E-state index in [1.807, 2.05) is 0 Å². The minimum absolute atomic E-state index is 0.0385. The molecular weight excluding hydrogens is 538 g/mol. The fourth-order valence-corrected chi connectivity index (χ4v) is 5.41. The molecule has 0 fully saturated rings. The number of non-ortho nitro benzene ring substituents is 1. The zero-order valence-electron chi connectivity index (χ0n) is 19.0. The molecule has 2 aromatic carbocycles. The van der Waals surface area contributed by atoms with Gasteiger partial charge in [-0.3, -0.25) is 19.5 Å². The van der Waals surface area contributed by atoms with Gasteiger partial charge in [0.05, 0.1) is 45.0 Å². The third kappa shape index (κ3) is 4.69. The van der Waals surface area contributed by atoms with E-state index in [0.717, 1.165) is 0 Å². The van der Waals surface area contributed by atoms with Crippen molar-refractivity contribution >= 4 is 45.0 Å². The van der Waals surface area contributed by atoms with E-state index in [0.29, 0.717) is 36.4 Å². The van der Waals surface area contributed by atoms with Crippen molar-refractivity contribution in [3.63, 3.8) is 0 Å². The van der Waals surface area contributed by atoms with Crippen LogP contribution in [0.3, 0.4) is 0 Å². The molecule has 0 saturated carbocycles. The minimum Gasteiger partial charge on any atom is -0.496 e. The Hall–Kier alpha value is -3.57. The molecule has 4 rings (SSSR count). The van der Waals surface area contributed by atoms with Gasteiger partial charge in [0, 0.05) is 12.1 Å². The summed E-state index contributed by atoms with van der Waals surface area (Å²) in [7, 11) is 1.55. The highest BCUT2D eigenvalue weighted by atomic mass is 79.9. The van der Waals surface area contributed by atoms with Crippen molar-refractivity contribution in [3.8, 4) is 5.75 Å². The molecular formula is C24H20BrN3O6S. The lowest BCUT2D eigenvalue weighted by atomic mass is 9.96. The van der Waals surface area contributed by atoms with Crippen LogP contribution in [0.4, 0.5) is 5.69 Å². The summed E-state index contributed by atoms with van der Waals surface area (Å²) >= 11 is 4.66. The molecule has 35 heavy (non-hydrogen) atoms. The monoisotopic (exact) mass is 557 g/mol. The Bertz CT molecular complexity index is 1540. The van der Waals surface area contributed by atoms with Crippen LogP contribution in [0, 0.1) is 10.1 Å². The molecule has 0 saturated heterocycles. The number of carbonyl (C=O) groups is 1. The number of carbonyl (C=O) groups excluding carboxylic acids is 1. The average Bonchev–Trinajstić information content (AvgIpc) is 3.12. The molecule has 0 spiro atoms. The van der Waals surface area contributed by atoms with Gasteiger partial charge in [-0.15, -0.1) is 0 Å². The summed E-state index contributed by atoms with van der Waals surface area (Å²) in [5, 5.41) is 10.9. The second kappa shape index (κ2) is 9.96. The van der Waals surface area contributed by atoms with E-state index in [2.05, 4.69) is 20.9 Å². The number of hydrogen-bond acceptors (Lipinski definition) is 8. The van der Waals surface area contributed by atoms with E-state index < -0.39 is 16.9 Å². The van der Waals surface area contributed by atoms with Crippen molar-refractivity contribution in [2.24, 2.45) is 4.99 Å². The number of ether oxygens (including phenoxy) is 2. The second-order valence-electron chi connectivity index (χ2n) is 7.54. The number of hydrogen-bond donors (Lipinski definition) is 0. The molecule has 1 aliphatic heterocycles. The van der Waals surface area contributed by atoms with Crippen LogP contribution in [0.25, 0.3) is 6.08 Å². The van der Waals surface area contributed by atoms with Crippen LogP contribution in [0.15, 0.2) is 68.0 Å². The van der Waals surface area contributed by atoms with Crippen LogP contribution < -0.4 is 19.6 Å². The van der Waals surface area contributed by atoms with Crippen molar-refractivity contribution in [3.05, 3.63) is 99.1 Å². The number of rotatable bonds is 6. The first-order valence-corrected chi connectivity index (χ1v) is 12.1. The second-order valence-corrected chi connectivity index (χ2v) is 9.41. The summed E-state index contributed by atoms with van der Waals surface area (Å²) in [5.41, 5.74) is 1.67. The number of nitro groups is 1. The standard InChI is InChI=1S/C24H20BrN3O6S/c1-4-34-23(30)20-13(2)26-24-27(21(20)15-7-10-18(33-3)17(25)12-15)22(29)19(35-24)11-14-5-8-16(9-6-14)28(31)32/h5-12,21H,4H2,1-3H3/b19-11+/t21-/m0/s1. The minimum atomic E-state index is -0.758. The van der Waals surface area contributed by atoms with E-state index in [1.165, 1.54) is 28.0 Å². The van der Waals surface area contributed by atoms with E-state index in [-0.39, 0.29) is 23.4 Å². The van der Waals surface area contributed by atoms with Crippen LogP contribution in [0.2, 0.25) is 0 Å². The highest BCUT2D eigenvalue weighted by Crippen LogP contribution is 2.35. The molecule has 3 aromatic rings. The summed E-state index contributed by atoms with van der Waals surface area (Å²) in [6.07, 6.45) is 1.65. The maximum Gasteiger partial charge on any atom is 0.338 e. The maximum absolute atomic E-state index is 13.6. The number of nitrogens with zero attached hydrogens (tertiary/aromatic N) is 3. The van der Waals surface area contributed by atoms with Gasteiger partial charge in [-0.2, -0.15) is 0 Å². The Balaban J connectivity index is 1.92. The first-order valence-electron chi connectivity index (χ1n) is 10.5. The van der Waals surface area contributed by atoms with Crippen LogP contribution in [-0.2, 0) is 9.53 Å². The van der Waals surface area contributed by atoms with Crippen LogP contribution in [0.5, 0.6) is 5.75 Å².